The summed E-state index contributed by atoms with van der Waals surface area (Å²) in [5.74, 6) is -0.264. The summed E-state index contributed by atoms with van der Waals surface area (Å²) in [6, 6.07) is 4.95. The third-order valence-corrected chi connectivity index (χ3v) is 3.40. The first kappa shape index (κ1) is 12.6. The molecule has 0 amide bonds. The summed E-state index contributed by atoms with van der Waals surface area (Å²) in [7, 11) is 0. The van der Waals surface area contributed by atoms with Crippen molar-refractivity contribution < 1.29 is 14.6 Å². The van der Waals surface area contributed by atoms with Gasteiger partial charge in [0.1, 0.15) is 17.4 Å². The average molecular weight is 263 g/mol. The number of rotatable bonds is 4. The molecule has 0 bridgehead atoms. The van der Waals surface area contributed by atoms with Crippen LogP contribution in [-0.4, -0.2) is 16.1 Å². The molecule has 0 radical (unpaired) electrons. The van der Waals surface area contributed by atoms with Crippen LogP contribution in [0.5, 0.6) is 5.75 Å². The monoisotopic (exact) mass is 263 g/mol. The Morgan fingerprint density at radius 1 is 1.44 bits per heavy atom. The Bertz CT molecular complexity index is 577. The van der Waals surface area contributed by atoms with Gasteiger partial charge in [-0.25, -0.2) is 9.78 Å². The third-order valence-electron chi connectivity index (χ3n) is 2.46. The maximum Gasteiger partial charge on any atom is 0.335 e. The van der Waals surface area contributed by atoms with E-state index in [2.05, 4.69) is 4.98 Å². The Morgan fingerprint density at radius 3 is 2.78 bits per heavy atom. The Morgan fingerprint density at radius 2 is 2.22 bits per heavy atom. The number of nitrogens with zero attached hydrogens (tertiary/aromatic N) is 1. The molecule has 94 valence electrons. The van der Waals surface area contributed by atoms with Gasteiger partial charge in [0.2, 0.25) is 0 Å². The molecule has 2 aromatic rings. The van der Waals surface area contributed by atoms with Gasteiger partial charge in [-0.3, -0.25) is 0 Å². The molecule has 0 aliphatic carbocycles. The number of hydrogen-bond acceptors (Lipinski definition) is 4. The molecule has 1 aromatic carbocycles. The van der Waals surface area contributed by atoms with Crippen molar-refractivity contribution in [2.24, 2.45) is 0 Å². The molecule has 2 rings (SSSR count). The van der Waals surface area contributed by atoms with E-state index in [-0.39, 0.29) is 0 Å². The molecule has 0 saturated carbocycles. The van der Waals surface area contributed by atoms with Gasteiger partial charge in [-0.1, -0.05) is 0 Å². The summed E-state index contributed by atoms with van der Waals surface area (Å²) in [6.45, 7) is 4.10. The lowest BCUT2D eigenvalue weighted by Gasteiger charge is -2.06. The second-order valence-electron chi connectivity index (χ2n) is 3.95. The second kappa shape index (κ2) is 5.18. The quantitative estimate of drug-likeness (QED) is 0.921. The maximum absolute atomic E-state index is 10.9. The van der Waals surface area contributed by atoms with E-state index in [0.29, 0.717) is 23.5 Å². The van der Waals surface area contributed by atoms with E-state index in [4.69, 9.17) is 9.84 Å². The van der Waals surface area contributed by atoms with E-state index in [9.17, 15) is 4.79 Å². The molecule has 4 nitrogen and oxygen atoms in total. The van der Waals surface area contributed by atoms with E-state index in [1.54, 1.807) is 36.5 Å². The lowest BCUT2D eigenvalue weighted by molar-refractivity contribution is 0.0696. The van der Waals surface area contributed by atoms with Gasteiger partial charge in [0, 0.05) is 11.1 Å². The highest BCUT2D eigenvalue weighted by Crippen LogP contribution is 2.19. The van der Waals surface area contributed by atoms with E-state index >= 15 is 0 Å². The highest BCUT2D eigenvalue weighted by atomic mass is 32.1. The molecule has 0 aliphatic rings. The Balaban J connectivity index is 2.06. The summed E-state index contributed by atoms with van der Waals surface area (Å²) in [4.78, 5) is 15.2. The van der Waals surface area contributed by atoms with Crippen LogP contribution in [0.1, 0.15) is 26.6 Å². The summed E-state index contributed by atoms with van der Waals surface area (Å²) in [5, 5.41) is 11.8. The second-order valence-corrected chi connectivity index (χ2v) is 4.90. The van der Waals surface area contributed by atoms with Crippen molar-refractivity contribution in [2.45, 2.75) is 20.5 Å². The van der Waals surface area contributed by atoms with Crippen molar-refractivity contribution in [3.05, 3.63) is 45.4 Å². The summed E-state index contributed by atoms with van der Waals surface area (Å²) in [5.41, 5.74) is 1.97. The van der Waals surface area contributed by atoms with E-state index < -0.39 is 5.97 Å². The van der Waals surface area contributed by atoms with Crippen LogP contribution in [0.2, 0.25) is 0 Å². The summed E-state index contributed by atoms with van der Waals surface area (Å²) >= 11 is 1.55. The van der Waals surface area contributed by atoms with Crippen LogP contribution in [0, 0.1) is 13.8 Å². The number of benzene rings is 1. The molecule has 1 N–H and O–H groups in total. The maximum atomic E-state index is 10.9. The summed E-state index contributed by atoms with van der Waals surface area (Å²) < 4.78 is 5.58. The number of hydrogen-bond donors (Lipinski definition) is 1. The highest BCUT2D eigenvalue weighted by molar-refractivity contribution is 7.09. The molecular weight excluding hydrogens is 250 g/mol. The van der Waals surface area contributed by atoms with E-state index in [0.717, 1.165) is 10.7 Å². The zero-order chi connectivity index (χ0) is 13.1. The largest absolute Gasteiger partial charge is 0.486 e. The lowest BCUT2D eigenvalue weighted by atomic mass is 10.1. The van der Waals surface area contributed by atoms with Crippen molar-refractivity contribution in [3.8, 4) is 5.75 Å². The van der Waals surface area contributed by atoms with Gasteiger partial charge in [0.05, 0.1) is 5.56 Å². The number of thiazole rings is 1. The van der Waals surface area contributed by atoms with Crippen LogP contribution < -0.4 is 4.74 Å². The normalized spacial score (nSPS) is 10.3. The molecular formula is C13H13NO3S. The van der Waals surface area contributed by atoms with Crippen molar-refractivity contribution >= 4 is 17.3 Å². The number of aromatic nitrogens is 1. The fourth-order valence-corrected chi connectivity index (χ4v) is 2.26. The smallest absolute Gasteiger partial charge is 0.335 e. The first-order valence-electron chi connectivity index (χ1n) is 5.44. The topological polar surface area (TPSA) is 59.4 Å². The zero-order valence-electron chi connectivity index (χ0n) is 10.1. The minimum Gasteiger partial charge on any atom is -0.486 e. The molecule has 18 heavy (non-hydrogen) atoms. The van der Waals surface area contributed by atoms with Crippen molar-refractivity contribution in [1.29, 1.82) is 0 Å². The number of carboxylic acids is 1. The molecule has 0 unspecified atom stereocenters. The fourth-order valence-electron chi connectivity index (χ4n) is 1.58. The van der Waals surface area contributed by atoms with Crippen LogP contribution >= 0.6 is 11.3 Å². The molecule has 1 heterocycles. The van der Waals surface area contributed by atoms with Gasteiger partial charge in [-0.15, -0.1) is 11.3 Å². The highest BCUT2D eigenvalue weighted by Gasteiger charge is 2.08. The first-order valence-corrected chi connectivity index (χ1v) is 6.32. The number of carboxylic acid groups (broad SMARTS) is 1. The number of aryl methyl sites for hydroxylation is 2. The number of carbonyl (C=O) groups is 1. The minimum atomic E-state index is -0.922. The van der Waals surface area contributed by atoms with Gasteiger partial charge >= 0.3 is 5.97 Å². The molecule has 0 saturated heterocycles. The van der Waals surface area contributed by atoms with Gasteiger partial charge < -0.3 is 9.84 Å². The van der Waals surface area contributed by atoms with Crippen molar-refractivity contribution in [3.63, 3.8) is 0 Å². The fraction of sp³-hybridized carbons (Fsp3) is 0.231. The van der Waals surface area contributed by atoms with Gasteiger partial charge in [0.25, 0.3) is 0 Å². The molecule has 0 fully saturated rings. The van der Waals surface area contributed by atoms with Crippen LogP contribution in [0.4, 0.5) is 0 Å². The predicted molar refractivity (Wildman–Crippen MR) is 69.3 cm³/mol. The van der Waals surface area contributed by atoms with Gasteiger partial charge in [0.15, 0.2) is 0 Å². The standard InChI is InChI=1S/C13H13NO3S/c1-8-5-10(3-4-11(8)13(15)16)17-6-12-14-9(2)7-18-12/h3-5,7H,6H2,1-2H3,(H,15,16). The van der Waals surface area contributed by atoms with Crippen molar-refractivity contribution in [2.75, 3.05) is 0 Å². The zero-order valence-corrected chi connectivity index (χ0v) is 11.0. The molecule has 0 spiro atoms. The SMILES string of the molecule is Cc1csc(COc2ccc(C(=O)O)c(C)c2)n1. The molecule has 1 aromatic heterocycles. The van der Waals surface area contributed by atoms with E-state index in [1.165, 1.54) is 0 Å². The Kier molecular flexibility index (Phi) is 3.62. The van der Waals surface area contributed by atoms with Crippen LogP contribution in [0.15, 0.2) is 23.6 Å². The van der Waals surface area contributed by atoms with Crippen LogP contribution in [0.25, 0.3) is 0 Å². The van der Waals surface area contributed by atoms with Gasteiger partial charge in [-0.05, 0) is 37.6 Å². The van der Waals surface area contributed by atoms with Crippen molar-refractivity contribution in [1.82, 2.24) is 4.98 Å². The van der Waals surface area contributed by atoms with E-state index in [1.807, 2.05) is 12.3 Å². The predicted octanol–water partition coefficient (Wildman–Crippen LogP) is 3.04. The Hall–Kier alpha value is -1.88. The molecule has 0 aliphatic heterocycles. The molecule has 5 heteroatoms. The molecule has 0 atom stereocenters. The Labute approximate surface area is 109 Å². The van der Waals surface area contributed by atoms with Crippen LogP contribution in [-0.2, 0) is 6.61 Å². The van der Waals surface area contributed by atoms with Crippen LogP contribution in [0.3, 0.4) is 0 Å². The minimum absolute atomic E-state index is 0.299. The number of ether oxygens (including phenoxy) is 1. The number of aromatic carboxylic acids is 1. The van der Waals surface area contributed by atoms with Gasteiger partial charge in [-0.2, -0.15) is 0 Å². The summed E-state index contributed by atoms with van der Waals surface area (Å²) in [6.07, 6.45) is 0. The average Bonchev–Trinajstić information content (AvgIpc) is 2.72. The first-order chi connectivity index (χ1) is 8.56. The third kappa shape index (κ3) is 2.87. The lowest BCUT2D eigenvalue weighted by Crippen LogP contribution is -2.01.